The van der Waals surface area contributed by atoms with Crippen molar-refractivity contribution in [2.24, 2.45) is 0 Å². The fourth-order valence-corrected chi connectivity index (χ4v) is 5.40. The van der Waals surface area contributed by atoms with Gasteiger partial charge in [0.1, 0.15) is 0 Å². The summed E-state index contributed by atoms with van der Waals surface area (Å²) in [6.45, 7) is 4.90. The number of carbonyl (C=O) groups excluding carboxylic acids is 1. The Labute approximate surface area is 168 Å². The van der Waals surface area contributed by atoms with Gasteiger partial charge in [0.2, 0.25) is 20.0 Å². The molecule has 0 aliphatic carbocycles. The van der Waals surface area contributed by atoms with Crippen molar-refractivity contribution >= 4 is 26.0 Å². The number of nitrogens with one attached hydrogen (secondary N) is 1. The average Bonchev–Trinajstić information content (AvgIpc) is 2.66. The molecule has 1 fully saturated rings. The number of carbonyl (C=O) groups is 1. The number of rotatable bonds is 8. The summed E-state index contributed by atoms with van der Waals surface area (Å²) in [5.41, 5.74) is 0.291. The average molecular weight is 432 g/mol. The van der Waals surface area contributed by atoms with Crippen LogP contribution in [-0.4, -0.2) is 70.4 Å². The molecule has 10 heteroatoms. The van der Waals surface area contributed by atoms with Gasteiger partial charge in [0.25, 0.3) is 5.91 Å². The van der Waals surface area contributed by atoms with Crippen LogP contribution in [-0.2, 0) is 20.0 Å². The highest BCUT2D eigenvalue weighted by Crippen LogP contribution is 2.22. The summed E-state index contributed by atoms with van der Waals surface area (Å²) in [5, 5.41) is 0. The molecule has 1 aliphatic heterocycles. The zero-order valence-corrected chi connectivity index (χ0v) is 18.2. The van der Waals surface area contributed by atoms with E-state index in [1.54, 1.807) is 30.9 Å². The molecule has 0 saturated carbocycles. The Morgan fingerprint density at radius 2 is 1.86 bits per heavy atom. The van der Waals surface area contributed by atoms with E-state index < -0.39 is 20.0 Å². The van der Waals surface area contributed by atoms with E-state index in [2.05, 4.69) is 4.72 Å². The van der Waals surface area contributed by atoms with Gasteiger partial charge in [-0.1, -0.05) is 19.9 Å². The molecule has 0 radical (unpaired) electrons. The number of amides is 1. The first-order valence-corrected chi connectivity index (χ1v) is 12.8. The van der Waals surface area contributed by atoms with E-state index in [1.807, 2.05) is 0 Å². The molecule has 0 aromatic heterocycles. The Bertz CT molecular complexity index is 896. The van der Waals surface area contributed by atoms with Crippen LogP contribution in [0.2, 0.25) is 0 Å². The summed E-state index contributed by atoms with van der Waals surface area (Å²) >= 11 is 0. The quantitative estimate of drug-likeness (QED) is 0.667. The number of sulfonamides is 2. The molecular weight excluding hydrogens is 402 g/mol. The van der Waals surface area contributed by atoms with Gasteiger partial charge >= 0.3 is 0 Å². The molecule has 1 aliphatic rings. The summed E-state index contributed by atoms with van der Waals surface area (Å²) in [5.74, 6) is -0.281. The van der Waals surface area contributed by atoms with Crippen molar-refractivity contribution < 1.29 is 21.6 Å². The molecule has 1 amide bonds. The van der Waals surface area contributed by atoms with Gasteiger partial charge in [-0.05, 0) is 37.5 Å². The van der Waals surface area contributed by atoms with Gasteiger partial charge in [0.05, 0.1) is 11.2 Å². The fraction of sp³-hybridized carbons (Fsp3) is 0.611. The van der Waals surface area contributed by atoms with Gasteiger partial charge in [0, 0.05) is 37.8 Å². The lowest BCUT2D eigenvalue weighted by Gasteiger charge is -2.36. The minimum Gasteiger partial charge on any atom is -0.334 e. The topological polar surface area (TPSA) is 104 Å². The monoisotopic (exact) mass is 431 g/mol. The summed E-state index contributed by atoms with van der Waals surface area (Å²) in [6.07, 6.45) is 3.53. The minimum atomic E-state index is -3.66. The van der Waals surface area contributed by atoms with Crippen LogP contribution in [0, 0.1) is 0 Å². The van der Waals surface area contributed by atoms with E-state index >= 15 is 0 Å². The third kappa shape index (κ3) is 5.53. The molecule has 2 rings (SSSR count). The molecular formula is C18H29N3O5S2. The largest absolute Gasteiger partial charge is 0.334 e. The number of nitrogens with zero attached hydrogens (tertiary/aromatic N) is 2. The maximum Gasteiger partial charge on any atom is 0.254 e. The van der Waals surface area contributed by atoms with Gasteiger partial charge < -0.3 is 4.90 Å². The Morgan fingerprint density at radius 1 is 1.18 bits per heavy atom. The number of piperidine rings is 1. The maximum absolute atomic E-state index is 13.1. The minimum absolute atomic E-state index is 0.0878. The van der Waals surface area contributed by atoms with Crippen molar-refractivity contribution in [3.8, 4) is 0 Å². The van der Waals surface area contributed by atoms with Crippen LogP contribution in [0.3, 0.4) is 0 Å². The highest BCUT2D eigenvalue weighted by atomic mass is 32.2. The smallest absolute Gasteiger partial charge is 0.254 e. The standard InChI is InChI=1S/C18H29N3O5S2/c1-4-20(5-2)28(25,26)17-11-8-9-15(13-17)18(22)21-12-7-6-10-16(21)14-19-27(3,23)24/h8-9,11,13,16,19H,4-7,10,12,14H2,1-3H3. The molecule has 1 aromatic rings. The molecule has 1 atom stereocenters. The Balaban J connectivity index is 2.27. The molecule has 28 heavy (non-hydrogen) atoms. The zero-order valence-electron chi connectivity index (χ0n) is 16.6. The second kappa shape index (κ2) is 9.34. The first-order valence-electron chi connectivity index (χ1n) is 9.46. The molecule has 0 bridgehead atoms. The van der Waals surface area contributed by atoms with Crippen molar-refractivity contribution in [3.63, 3.8) is 0 Å². The van der Waals surface area contributed by atoms with Gasteiger partial charge in [-0.15, -0.1) is 0 Å². The van der Waals surface area contributed by atoms with Crippen LogP contribution in [0.25, 0.3) is 0 Å². The Kier molecular flexibility index (Phi) is 7.60. The lowest BCUT2D eigenvalue weighted by Crippen LogP contribution is -2.49. The molecule has 0 spiro atoms. The second-order valence-corrected chi connectivity index (χ2v) is 10.7. The van der Waals surface area contributed by atoms with E-state index in [1.165, 1.54) is 16.4 Å². The number of hydrogen-bond acceptors (Lipinski definition) is 5. The van der Waals surface area contributed by atoms with Crippen LogP contribution in [0.1, 0.15) is 43.5 Å². The summed E-state index contributed by atoms with van der Waals surface area (Å²) in [7, 11) is -7.01. The van der Waals surface area contributed by atoms with Crippen molar-refractivity contribution in [1.29, 1.82) is 0 Å². The fourth-order valence-electron chi connectivity index (χ4n) is 3.40. The van der Waals surface area contributed by atoms with Gasteiger partial charge in [-0.25, -0.2) is 21.6 Å². The molecule has 1 N–H and O–H groups in total. The highest BCUT2D eigenvalue weighted by Gasteiger charge is 2.29. The number of hydrogen-bond donors (Lipinski definition) is 1. The van der Waals surface area contributed by atoms with Crippen molar-refractivity contribution in [2.75, 3.05) is 32.4 Å². The third-order valence-electron chi connectivity index (χ3n) is 4.89. The second-order valence-electron chi connectivity index (χ2n) is 6.89. The van der Waals surface area contributed by atoms with E-state index in [-0.39, 0.29) is 23.4 Å². The van der Waals surface area contributed by atoms with Crippen LogP contribution in [0.4, 0.5) is 0 Å². The van der Waals surface area contributed by atoms with Crippen molar-refractivity contribution in [2.45, 2.75) is 44.0 Å². The normalized spacial score (nSPS) is 18.4. The highest BCUT2D eigenvalue weighted by molar-refractivity contribution is 7.89. The van der Waals surface area contributed by atoms with E-state index in [0.717, 1.165) is 19.1 Å². The first kappa shape index (κ1) is 22.8. The van der Waals surface area contributed by atoms with Crippen molar-refractivity contribution in [3.05, 3.63) is 29.8 Å². The van der Waals surface area contributed by atoms with Crippen LogP contribution in [0.5, 0.6) is 0 Å². The predicted octanol–water partition coefficient (Wildman–Crippen LogP) is 1.26. The van der Waals surface area contributed by atoms with Crippen LogP contribution < -0.4 is 4.72 Å². The van der Waals surface area contributed by atoms with E-state index in [0.29, 0.717) is 31.6 Å². The first-order chi connectivity index (χ1) is 13.1. The third-order valence-corrected chi connectivity index (χ3v) is 7.63. The zero-order chi connectivity index (χ0) is 20.9. The lowest BCUT2D eigenvalue weighted by atomic mass is 10.0. The van der Waals surface area contributed by atoms with Gasteiger partial charge in [-0.2, -0.15) is 4.31 Å². The molecule has 1 unspecified atom stereocenters. The number of benzene rings is 1. The number of likely N-dealkylation sites (tertiary alicyclic amines) is 1. The lowest BCUT2D eigenvalue weighted by molar-refractivity contribution is 0.0618. The van der Waals surface area contributed by atoms with Gasteiger partial charge in [-0.3, -0.25) is 4.79 Å². The SMILES string of the molecule is CCN(CC)S(=O)(=O)c1cccc(C(=O)N2CCCCC2CNS(C)(=O)=O)c1. The summed E-state index contributed by atoms with van der Waals surface area (Å²) in [4.78, 5) is 14.8. The van der Waals surface area contributed by atoms with Crippen LogP contribution in [0.15, 0.2) is 29.2 Å². The maximum atomic E-state index is 13.1. The molecule has 1 saturated heterocycles. The van der Waals surface area contributed by atoms with Gasteiger partial charge in [0.15, 0.2) is 0 Å². The molecule has 158 valence electrons. The summed E-state index contributed by atoms with van der Waals surface area (Å²) < 4.78 is 52.1. The van der Waals surface area contributed by atoms with E-state index in [4.69, 9.17) is 0 Å². The Morgan fingerprint density at radius 3 is 2.46 bits per heavy atom. The van der Waals surface area contributed by atoms with Crippen LogP contribution >= 0.6 is 0 Å². The van der Waals surface area contributed by atoms with E-state index in [9.17, 15) is 21.6 Å². The predicted molar refractivity (Wildman–Crippen MR) is 108 cm³/mol. The molecule has 1 aromatic carbocycles. The Hall–Kier alpha value is -1.49. The van der Waals surface area contributed by atoms with Crippen molar-refractivity contribution in [1.82, 2.24) is 13.9 Å². The summed E-state index contributed by atoms with van der Waals surface area (Å²) in [6, 6.07) is 5.81. The molecule has 1 heterocycles. The molecule has 8 nitrogen and oxygen atoms in total.